The monoisotopic (exact) mass is 253 g/mol. The first kappa shape index (κ1) is 11.8. The largest absolute Gasteiger partial charge is 0.343 e. The van der Waals surface area contributed by atoms with Crippen LogP contribution in [0.25, 0.3) is 22.4 Å². The van der Waals surface area contributed by atoms with Crippen LogP contribution in [0.1, 0.15) is 12.1 Å². The highest BCUT2D eigenvalue weighted by molar-refractivity contribution is 5.74. The van der Waals surface area contributed by atoms with E-state index in [9.17, 15) is 0 Å². The van der Waals surface area contributed by atoms with Gasteiger partial charge in [0.05, 0.1) is 17.5 Å². The van der Waals surface area contributed by atoms with Crippen LogP contribution in [0.4, 0.5) is 0 Å². The predicted octanol–water partition coefficient (Wildman–Crippen LogP) is 1.91. The maximum Gasteiger partial charge on any atom is 0.177 e. The van der Waals surface area contributed by atoms with Crippen LogP contribution in [0.5, 0.6) is 0 Å². The molecule has 0 unspecified atom stereocenters. The lowest BCUT2D eigenvalue weighted by molar-refractivity contribution is 0.811. The van der Waals surface area contributed by atoms with Crippen molar-refractivity contribution >= 4 is 11.2 Å². The summed E-state index contributed by atoms with van der Waals surface area (Å²) in [4.78, 5) is 16.1. The van der Waals surface area contributed by atoms with Gasteiger partial charge in [-0.1, -0.05) is 0 Å². The molecule has 3 N–H and O–H groups in total. The molecule has 0 aliphatic rings. The smallest absolute Gasteiger partial charge is 0.177 e. The summed E-state index contributed by atoms with van der Waals surface area (Å²) < 4.78 is 0. The molecular weight excluding hydrogens is 238 g/mol. The summed E-state index contributed by atoms with van der Waals surface area (Å²) in [6.45, 7) is 0.684. The second-order valence-electron chi connectivity index (χ2n) is 4.40. The van der Waals surface area contributed by atoms with E-state index in [0.717, 1.165) is 41.0 Å². The molecule has 19 heavy (non-hydrogen) atoms. The Balaban J connectivity index is 1.95. The zero-order valence-corrected chi connectivity index (χ0v) is 10.5. The zero-order chi connectivity index (χ0) is 13.1. The summed E-state index contributed by atoms with van der Waals surface area (Å²) in [5.41, 5.74) is 10.2. The molecule has 0 radical (unpaired) electrons. The van der Waals surface area contributed by atoms with Gasteiger partial charge in [-0.15, -0.1) is 0 Å². The highest BCUT2D eigenvalue weighted by Crippen LogP contribution is 2.19. The highest BCUT2D eigenvalue weighted by atomic mass is 14.9. The first-order valence-corrected chi connectivity index (χ1v) is 6.32. The SMILES string of the molecule is NCCCc1cc(-c2ccc3[nH]cnc3n2)ccn1. The van der Waals surface area contributed by atoms with Gasteiger partial charge in [0.25, 0.3) is 0 Å². The number of aromatic amines is 1. The number of nitrogens with two attached hydrogens (primary N) is 1. The number of nitrogens with zero attached hydrogens (tertiary/aromatic N) is 3. The third kappa shape index (κ3) is 2.46. The van der Waals surface area contributed by atoms with Crippen molar-refractivity contribution < 1.29 is 0 Å². The number of rotatable bonds is 4. The van der Waals surface area contributed by atoms with Gasteiger partial charge < -0.3 is 10.7 Å². The topological polar surface area (TPSA) is 80.5 Å². The van der Waals surface area contributed by atoms with Gasteiger partial charge in [-0.25, -0.2) is 9.97 Å². The standard InChI is InChI=1S/C14H15N5/c15-6-1-2-11-8-10(5-7-16-11)12-3-4-13-14(19-12)18-9-17-13/h3-5,7-9H,1-2,6,15H2,(H,17,18,19). The van der Waals surface area contributed by atoms with Crippen molar-refractivity contribution in [2.45, 2.75) is 12.8 Å². The van der Waals surface area contributed by atoms with Crippen LogP contribution in [0.2, 0.25) is 0 Å². The minimum absolute atomic E-state index is 0.684. The van der Waals surface area contributed by atoms with Crippen molar-refractivity contribution in [3.05, 3.63) is 42.5 Å². The number of hydrogen-bond donors (Lipinski definition) is 2. The molecule has 0 bridgehead atoms. The van der Waals surface area contributed by atoms with E-state index in [-0.39, 0.29) is 0 Å². The average molecular weight is 253 g/mol. The quantitative estimate of drug-likeness (QED) is 0.744. The number of imidazole rings is 1. The lowest BCUT2D eigenvalue weighted by Crippen LogP contribution is -2.01. The van der Waals surface area contributed by atoms with Gasteiger partial charge in [-0.3, -0.25) is 4.98 Å². The van der Waals surface area contributed by atoms with Crippen LogP contribution in [0.3, 0.4) is 0 Å². The molecule has 0 amide bonds. The number of aryl methyl sites for hydroxylation is 1. The Kier molecular flexibility index (Phi) is 3.20. The normalized spacial score (nSPS) is 11.0. The second-order valence-corrected chi connectivity index (χ2v) is 4.40. The van der Waals surface area contributed by atoms with Gasteiger partial charge in [0.2, 0.25) is 0 Å². The van der Waals surface area contributed by atoms with Crippen molar-refractivity contribution in [2.24, 2.45) is 5.73 Å². The van der Waals surface area contributed by atoms with E-state index >= 15 is 0 Å². The Morgan fingerprint density at radius 3 is 3.00 bits per heavy atom. The summed E-state index contributed by atoms with van der Waals surface area (Å²) in [5, 5.41) is 0. The summed E-state index contributed by atoms with van der Waals surface area (Å²) in [6.07, 6.45) is 5.32. The fraction of sp³-hybridized carbons (Fsp3) is 0.214. The number of nitrogens with one attached hydrogen (secondary N) is 1. The van der Waals surface area contributed by atoms with Crippen molar-refractivity contribution in [3.8, 4) is 11.3 Å². The minimum atomic E-state index is 0.684. The van der Waals surface area contributed by atoms with Gasteiger partial charge in [0.15, 0.2) is 5.65 Å². The molecule has 0 saturated carbocycles. The van der Waals surface area contributed by atoms with Crippen molar-refractivity contribution in [1.29, 1.82) is 0 Å². The maximum atomic E-state index is 5.52. The Morgan fingerprint density at radius 1 is 1.16 bits per heavy atom. The molecule has 0 aliphatic heterocycles. The third-order valence-corrected chi connectivity index (χ3v) is 3.03. The van der Waals surface area contributed by atoms with Gasteiger partial charge >= 0.3 is 0 Å². The molecule has 3 heterocycles. The molecule has 0 spiro atoms. The zero-order valence-electron chi connectivity index (χ0n) is 10.5. The summed E-state index contributed by atoms with van der Waals surface area (Å²) >= 11 is 0. The Labute approximate surface area is 110 Å². The lowest BCUT2D eigenvalue weighted by atomic mass is 10.1. The number of fused-ring (bicyclic) bond motifs is 1. The number of aromatic nitrogens is 4. The molecule has 96 valence electrons. The molecule has 3 aromatic rings. The van der Waals surface area contributed by atoms with E-state index in [4.69, 9.17) is 5.73 Å². The lowest BCUT2D eigenvalue weighted by Gasteiger charge is -2.04. The molecule has 0 atom stereocenters. The molecule has 3 aromatic heterocycles. The van der Waals surface area contributed by atoms with E-state index < -0.39 is 0 Å². The Hall–Kier alpha value is -2.27. The van der Waals surface area contributed by atoms with Gasteiger partial charge in [-0.2, -0.15) is 0 Å². The van der Waals surface area contributed by atoms with Crippen LogP contribution in [-0.4, -0.2) is 26.5 Å². The summed E-state index contributed by atoms with van der Waals surface area (Å²) in [5.74, 6) is 0. The van der Waals surface area contributed by atoms with Crippen LogP contribution in [-0.2, 0) is 6.42 Å². The summed E-state index contributed by atoms with van der Waals surface area (Å²) in [6, 6.07) is 8.01. The van der Waals surface area contributed by atoms with Crippen molar-refractivity contribution in [1.82, 2.24) is 19.9 Å². The Bertz CT molecular complexity index is 689. The fourth-order valence-electron chi connectivity index (χ4n) is 2.04. The van der Waals surface area contributed by atoms with Crippen LogP contribution in [0, 0.1) is 0 Å². The van der Waals surface area contributed by atoms with E-state index in [0.29, 0.717) is 6.54 Å². The first-order valence-electron chi connectivity index (χ1n) is 6.32. The van der Waals surface area contributed by atoms with E-state index in [1.807, 2.05) is 24.4 Å². The van der Waals surface area contributed by atoms with Crippen LogP contribution < -0.4 is 5.73 Å². The summed E-state index contributed by atoms with van der Waals surface area (Å²) in [7, 11) is 0. The number of pyridine rings is 2. The molecule has 0 aliphatic carbocycles. The molecule has 0 aromatic carbocycles. The Morgan fingerprint density at radius 2 is 2.11 bits per heavy atom. The van der Waals surface area contributed by atoms with Gasteiger partial charge in [0, 0.05) is 17.5 Å². The molecule has 5 nitrogen and oxygen atoms in total. The van der Waals surface area contributed by atoms with Crippen molar-refractivity contribution in [2.75, 3.05) is 6.54 Å². The molecule has 5 heteroatoms. The first-order chi connectivity index (χ1) is 9.36. The van der Waals surface area contributed by atoms with Crippen LogP contribution >= 0.6 is 0 Å². The van der Waals surface area contributed by atoms with Crippen molar-refractivity contribution in [3.63, 3.8) is 0 Å². The van der Waals surface area contributed by atoms with E-state index in [2.05, 4.69) is 26.0 Å². The third-order valence-electron chi connectivity index (χ3n) is 3.03. The highest BCUT2D eigenvalue weighted by Gasteiger charge is 2.04. The molecule has 0 fully saturated rings. The number of H-pyrrole nitrogens is 1. The minimum Gasteiger partial charge on any atom is -0.343 e. The van der Waals surface area contributed by atoms with Crippen LogP contribution in [0.15, 0.2) is 36.8 Å². The van der Waals surface area contributed by atoms with Gasteiger partial charge in [0.1, 0.15) is 0 Å². The average Bonchev–Trinajstić information content (AvgIpc) is 2.92. The van der Waals surface area contributed by atoms with Gasteiger partial charge in [-0.05, 0) is 43.7 Å². The number of hydrogen-bond acceptors (Lipinski definition) is 4. The molecule has 0 saturated heterocycles. The van der Waals surface area contributed by atoms with E-state index in [1.54, 1.807) is 6.33 Å². The molecule has 3 rings (SSSR count). The second kappa shape index (κ2) is 5.16. The predicted molar refractivity (Wildman–Crippen MR) is 74.5 cm³/mol. The maximum absolute atomic E-state index is 5.52. The van der Waals surface area contributed by atoms with E-state index in [1.165, 1.54) is 0 Å². The molecular formula is C14H15N5. The fourth-order valence-corrected chi connectivity index (χ4v) is 2.04.